The van der Waals surface area contributed by atoms with E-state index >= 15 is 0 Å². The third-order valence-electron chi connectivity index (χ3n) is 3.91. The molecule has 0 spiro atoms. The van der Waals surface area contributed by atoms with Gasteiger partial charge < -0.3 is 25.8 Å². The van der Waals surface area contributed by atoms with Crippen molar-refractivity contribution in [2.75, 3.05) is 27.3 Å². The second-order valence-electron chi connectivity index (χ2n) is 5.97. The van der Waals surface area contributed by atoms with E-state index in [1.165, 1.54) is 12.1 Å². The first-order chi connectivity index (χ1) is 13.5. The number of nitrogens with one attached hydrogen (secondary N) is 2. The molecule has 7 nitrogen and oxygen atoms in total. The van der Waals surface area contributed by atoms with Gasteiger partial charge in [0.25, 0.3) is 0 Å². The molecule has 0 radical (unpaired) electrons. The van der Waals surface area contributed by atoms with Crippen LogP contribution in [0.1, 0.15) is 11.1 Å². The van der Waals surface area contributed by atoms with Gasteiger partial charge in [-0.25, -0.2) is 9.38 Å². The predicted octanol–water partition coefficient (Wildman–Crippen LogP) is 1.61. The maximum absolute atomic E-state index is 12.8. The minimum Gasteiger partial charge on any atom is -0.493 e. The molecule has 0 heterocycles. The van der Waals surface area contributed by atoms with Crippen LogP contribution in [0.5, 0.6) is 11.5 Å². The minimum atomic E-state index is -0.323. The molecule has 0 atom stereocenters. The molecule has 8 heteroatoms. The molecule has 2 aromatic rings. The zero-order chi connectivity index (χ0) is 20.4. The predicted molar refractivity (Wildman–Crippen MR) is 106 cm³/mol. The lowest BCUT2D eigenvalue weighted by Crippen LogP contribution is -2.38. The smallest absolute Gasteiger partial charge is 0.224 e. The van der Waals surface area contributed by atoms with Crippen LogP contribution in [0.2, 0.25) is 0 Å². The van der Waals surface area contributed by atoms with Crippen LogP contribution >= 0.6 is 0 Å². The number of hydrogen-bond acceptors (Lipinski definition) is 4. The molecule has 0 aromatic heterocycles. The van der Waals surface area contributed by atoms with Gasteiger partial charge in [0.2, 0.25) is 5.91 Å². The fourth-order valence-electron chi connectivity index (χ4n) is 2.45. The van der Waals surface area contributed by atoms with Crippen molar-refractivity contribution >= 4 is 11.9 Å². The third-order valence-corrected chi connectivity index (χ3v) is 3.91. The summed E-state index contributed by atoms with van der Waals surface area (Å²) in [5, 5.41) is 5.70. The van der Waals surface area contributed by atoms with E-state index in [2.05, 4.69) is 15.6 Å². The number of ether oxygens (including phenoxy) is 2. The summed E-state index contributed by atoms with van der Waals surface area (Å²) in [4.78, 5) is 16.1. The van der Waals surface area contributed by atoms with E-state index in [-0.39, 0.29) is 24.1 Å². The Morgan fingerprint density at radius 2 is 1.64 bits per heavy atom. The van der Waals surface area contributed by atoms with Crippen LogP contribution in [0.4, 0.5) is 4.39 Å². The molecule has 4 N–H and O–H groups in total. The first-order valence-corrected chi connectivity index (χ1v) is 8.77. The first-order valence-electron chi connectivity index (χ1n) is 8.77. The number of methoxy groups -OCH3 is 2. The van der Waals surface area contributed by atoms with E-state index in [9.17, 15) is 9.18 Å². The van der Waals surface area contributed by atoms with Crippen LogP contribution in [0.15, 0.2) is 47.5 Å². The Kier molecular flexibility index (Phi) is 8.08. The summed E-state index contributed by atoms with van der Waals surface area (Å²) in [6, 6.07) is 11.4. The summed E-state index contributed by atoms with van der Waals surface area (Å²) in [6.07, 6.45) is 0.198. The Hall–Kier alpha value is -3.29. The number of carbonyl (C=O) groups is 1. The van der Waals surface area contributed by atoms with Gasteiger partial charge in [-0.1, -0.05) is 18.2 Å². The number of aliphatic imine (C=N–C) groups is 1. The number of guanidine groups is 1. The molecule has 0 aliphatic carbocycles. The Labute approximate surface area is 163 Å². The number of nitrogens with two attached hydrogens (primary N) is 1. The van der Waals surface area contributed by atoms with Gasteiger partial charge in [0.05, 0.1) is 27.2 Å². The number of hydrogen-bond donors (Lipinski definition) is 3. The Balaban J connectivity index is 1.71. The maximum Gasteiger partial charge on any atom is 0.224 e. The number of amides is 1. The number of halogens is 1. The van der Waals surface area contributed by atoms with E-state index in [0.29, 0.717) is 31.1 Å². The van der Waals surface area contributed by atoms with Crippen molar-refractivity contribution in [2.24, 2.45) is 10.7 Å². The van der Waals surface area contributed by atoms with E-state index in [1.807, 2.05) is 18.2 Å². The highest BCUT2D eigenvalue weighted by atomic mass is 19.1. The van der Waals surface area contributed by atoms with Crippen molar-refractivity contribution in [3.05, 3.63) is 59.4 Å². The molecule has 0 bridgehead atoms. The fraction of sp³-hybridized carbons (Fsp3) is 0.300. The number of benzene rings is 2. The van der Waals surface area contributed by atoms with Crippen LogP contribution in [0.25, 0.3) is 0 Å². The van der Waals surface area contributed by atoms with Crippen LogP contribution in [0, 0.1) is 5.82 Å². The number of nitrogens with zero attached hydrogens (tertiary/aromatic N) is 1. The van der Waals surface area contributed by atoms with Crippen LogP contribution in [0.3, 0.4) is 0 Å². The zero-order valence-corrected chi connectivity index (χ0v) is 16.0. The van der Waals surface area contributed by atoms with Gasteiger partial charge in [-0.15, -0.1) is 0 Å². The van der Waals surface area contributed by atoms with Crippen LogP contribution in [-0.2, 0) is 17.8 Å². The first kappa shape index (κ1) is 21.0. The number of carbonyl (C=O) groups excluding carboxylic acids is 1. The molecule has 0 saturated heterocycles. The van der Waals surface area contributed by atoms with Gasteiger partial charge in [-0.05, 0) is 35.4 Å². The average molecular weight is 388 g/mol. The third kappa shape index (κ3) is 6.79. The lowest BCUT2D eigenvalue weighted by molar-refractivity contribution is -0.120. The Bertz CT molecular complexity index is 810. The molecule has 0 unspecified atom stereocenters. The van der Waals surface area contributed by atoms with E-state index in [1.54, 1.807) is 26.4 Å². The van der Waals surface area contributed by atoms with Gasteiger partial charge in [-0.2, -0.15) is 0 Å². The lowest BCUT2D eigenvalue weighted by Gasteiger charge is -2.09. The van der Waals surface area contributed by atoms with Gasteiger partial charge >= 0.3 is 0 Å². The number of rotatable bonds is 9. The molecule has 150 valence electrons. The molecule has 0 aliphatic heterocycles. The monoisotopic (exact) mass is 388 g/mol. The topological polar surface area (TPSA) is 98.0 Å². The van der Waals surface area contributed by atoms with Crippen molar-refractivity contribution in [2.45, 2.75) is 13.0 Å². The quantitative estimate of drug-likeness (QED) is 0.344. The van der Waals surface area contributed by atoms with E-state index in [0.717, 1.165) is 11.1 Å². The molecular formula is C20H25FN4O3. The van der Waals surface area contributed by atoms with Gasteiger partial charge in [-0.3, -0.25) is 4.79 Å². The normalized spacial score (nSPS) is 11.0. The van der Waals surface area contributed by atoms with E-state index in [4.69, 9.17) is 15.2 Å². The summed E-state index contributed by atoms with van der Waals surface area (Å²) in [6.45, 7) is 1.22. The van der Waals surface area contributed by atoms with Gasteiger partial charge in [0.15, 0.2) is 17.5 Å². The SMILES string of the molecule is COc1ccc(CN=C(N)NCCNC(=O)Cc2ccc(F)cc2)cc1OC. The van der Waals surface area contributed by atoms with Gasteiger partial charge in [0.1, 0.15) is 5.82 Å². The van der Waals surface area contributed by atoms with E-state index < -0.39 is 0 Å². The van der Waals surface area contributed by atoms with Crippen LogP contribution in [-0.4, -0.2) is 39.2 Å². The maximum atomic E-state index is 12.8. The van der Waals surface area contributed by atoms with Crippen LogP contribution < -0.4 is 25.8 Å². The zero-order valence-electron chi connectivity index (χ0n) is 16.0. The molecule has 2 rings (SSSR count). The molecular weight excluding hydrogens is 363 g/mol. The largest absolute Gasteiger partial charge is 0.493 e. The van der Waals surface area contributed by atoms with Gasteiger partial charge in [0, 0.05) is 13.1 Å². The van der Waals surface area contributed by atoms with Crippen molar-refractivity contribution in [3.8, 4) is 11.5 Å². The van der Waals surface area contributed by atoms with Crippen molar-refractivity contribution in [3.63, 3.8) is 0 Å². The second kappa shape index (κ2) is 10.8. The molecule has 1 amide bonds. The standard InChI is InChI=1S/C20H25FN4O3/c1-27-17-8-5-15(11-18(17)28-2)13-25-20(22)24-10-9-23-19(26)12-14-3-6-16(21)7-4-14/h3-8,11H,9-10,12-13H2,1-2H3,(H,23,26)(H3,22,24,25). The van der Waals surface area contributed by atoms with Crippen molar-refractivity contribution < 1.29 is 18.7 Å². The summed E-state index contributed by atoms with van der Waals surface area (Å²) in [5.74, 6) is 1.09. The van der Waals surface area contributed by atoms with Crippen molar-refractivity contribution in [1.82, 2.24) is 10.6 Å². The highest BCUT2D eigenvalue weighted by Crippen LogP contribution is 2.27. The molecule has 0 fully saturated rings. The Morgan fingerprint density at radius 3 is 2.32 bits per heavy atom. The molecule has 28 heavy (non-hydrogen) atoms. The molecule has 2 aromatic carbocycles. The molecule has 0 aliphatic rings. The fourth-order valence-corrected chi connectivity index (χ4v) is 2.45. The lowest BCUT2D eigenvalue weighted by atomic mass is 10.1. The summed E-state index contributed by atoms with van der Waals surface area (Å²) in [7, 11) is 3.15. The second-order valence-corrected chi connectivity index (χ2v) is 5.97. The highest BCUT2D eigenvalue weighted by molar-refractivity contribution is 5.79. The van der Waals surface area contributed by atoms with Crippen molar-refractivity contribution in [1.29, 1.82) is 0 Å². The summed E-state index contributed by atoms with van der Waals surface area (Å²) in [5.41, 5.74) is 7.52. The Morgan fingerprint density at radius 1 is 1.00 bits per heavy atom. The summed E-state index contributed by atoms with van der Waals surface area (Å²) >= 11 is 0. The highest BCUT2D eigenvalue weighted by Gasteiger charge is 2.05. The molecule has 0 saturated carbocycles. The average Bonchev–Trinajstić information content (AvgIpc) is 2.71. The minimum absolute atomic E-state index is 0.144. The summed E-state index contributed by atoms with van der Waals surface area (Å²) < 4.78 is 23.3.